The number of hydrogen-bond donors (Lipinski definition) is 1. The van der Waals surface area contributed by atoms with Crippen LogP contribution in [0.1, 0.15) is 25.1 Å². The van der Waals surface area contributed by atoms with Crippen LogP contribution in [0.3, 0.4) is 0 Å². The normalized spacial score (nSPS) is 16.8. The summed E-state index contributed by atoms with van der Waals surface area (Å²) < 4.78 is 0. The number of nitrogens with zero attached hydrogens (tertiary/aromatic N) is 1. The largest absolute Gasteiger partial charge is 0.325 e. The van der Waals surface area contributed by atoms with Gasteiger partial charge in [-0.15, -0.1) is 0 Å². The molecule has 2 rings (SSSR count). The van der Waals surface area contributed by atoms with Gasteiger partial charge in [-0.25, -0.2) is 0 Å². The number of rotatable bonds is 1. The third-order valence-corrected chi connectivity index (χ3v) is 3.20. The van der Waals surface area contributed by atoms with Crippen LogP contribution in [0.15, 0.2) is 10.9 Å². The summed E-state index contributed by atoms with van der Waals surface area (Å²) in [6.45, 7) is 6.24. The Morgan fingerprint density at radius 3 is 2.93 bits per heavy atom. The number of fused-ring (bicyclic) bond motifs is 1. The zero-order valence-corrected chi connectivity index (χ0v) is 9.77. The Labute approximate surface area is 94.1 Å². The number of aromatic nitrogens is 1. The first-order chi connectivity index (χ1) is 7.08. The van der Waals surface area contributed by atoms with Crippen molar-refractivity contribution < 1.29 is 0 Å². The molecule has 1 aromatic heterocycles. The van der Waals surface area contributed by atoms with Gasteiger partial charge in [-0.3, -0.25) is 9.69 Å². The molecule has 0 fully saturated rings. The molecular weight excluding hydrogens is 212 g/mol. The van der Waals surface area contributed by atoms with Crippen molar-refractivity contribution in [3.8, 4) is 0 Å². The third-order valence-electron chi connectivity index (χ3n) is 2.92. The monoisotopic (exact) mass is 226 g/mol. The molecule has 0 atom stereocenters. The molecule has 1 N–H and O–H groups in total. The molecule has 2 heterocycles. The average Bonchev–Trinajstić information content (AvgIpc) is 2.19. The maximum Gasteiger partial charge on any atom is 0.266 e. The fourth-order valence-electron chi connectivity index (χ4n) is 1.94. The minimum absolute atomic E-state index is 0.173. The quantitative estimate of drug-likeness (QED) is 0.793. The van der Waals surface area contributed by atoms with Crippen molar-refractivity contribution in [1.29, 1.82) is 0 Å². The van der Waals surface area contributed by atoms with Crippen molar-refractivity contribution in [2.75, 3.05) is 6.54 Å². The van der Waals surface area contributed by atoms with E-state index in [9.17, 15) is 4.79 Å². The molecular formula is C11H15ClN2O. The van der Waals surface area contributed by atoms with Crippen LogP contribution in [0.5, 0.6) is 0 Å². The third kappa shape index (κ3) is 2.08. The van der Waals surface area contributed by atoms with Gasteiger partial charge in [0.15, 0.2) is 0 Å². The fraction of sp³-hybridized carbons (Fsp3) is 0.545. The van der Waals surface area contributed by atoms with Crippen molar-refractivity contribution in [1.82, 2.24) is 9.88 Å². The molecule has 0 spiro atoms. The Bertz CT molecular complexity index is 425. The Hall–Kier alpha value is -0.800. The van der Waals surface area contributed by atoms with E-state index in [2.05, 4.69) is 23.7 Å². The van der Waals surface area contributed by atoms with Gasteiger partial charge in [-0.2, -0.15) is 0 Å². The Morgan fingerprint density at radius 1 is 1.53 bits per heavy atom. The van der Waals surface area contributed by atoms with Gasteiger partial charge in [0.05, 0.1) is 0 Å². The predicted molar refractivity (Wildman–Crippen MR) is 61.3 cm³/mol. The van der Waals surface area contributed by atoms with Gasteiger partial charge >= 0.3 is 0 Å². The van der Waals surface area contributed by atoms with Crippen LogP contribution in [-0.4, -0.2) is 22.5 Å². The van der Waals surface area contributed by atoms with Gasteiger partial charge in [-0.1, -0.05) is 11.6 Å². The van der Waals surface area contributed by atoms with E-state index in [0.29, 0.717) is 11.1 Å². The Kier molecular flexibility index (Phi) is 2.85. The van der Waals surface area contributed by atoms with Crippen LogP contribution in [0.4, 0.5) is 0 Å². The number of halogens is 1. The van der Waals surface area contributed by atoms with Gasteiger partial charge in [0.25, 0.3) is 5.56 Å². The minimum Gasteiger partial charge on any atom is -0.325 e. The topological polar surface area (TPSA) is 36.1 Å². The highest BCUT2D eigenvalue weighted by atomic mass is 35.5. The second-order valence-electron chi connectivity index (χ2n) is 4.26. The summed E-state index contributed by atoms with van der Waals surface area (Å²) in [5.74, 6) is 0. The van der Waals surface area contributed by atoms with E-state index in [1.807, 2.05) is 0 Å². The van der Waals surface area contributed by atoms with Crippen molar-refractivity contribution in [3.05, 3.63) is 32.7 Å². The maximum atomic E-state index is 11.3. The van der Waals surface area contributed by atoms with Crippen molar-refractivity contribution in [2.24, 2.45) is 0 Å². The molecule has 0 bridgehead atoms. The first kappa shape index (κ1) is 10.7. The molecule has 0 saturated heterocycles. The Balaban J connectivity index is 2.34. The fourth-order valence-corrected chi connectivity index (χ4v) is 2.12. The second kappa shape index (κ2) is 3.99. The summed E-state index contributed by atoms with van der Waals surface area (Å²) in [6, 6.07) is 2.33. The van der Waals surface area contributed by atoms with E-state index >= 15 is 0 Å². The number of pyridine rings is 1. The SMILES string of the molecule is CC(C)N1CCc2[nH]c(=O)c(Cl)cc2C1. The molecule has 0 amide bonds. The van der Waals surface area contributed by atoms with E-state index in [1.165, 1.54) is 0 Å². The number of H-pyrrole nitrogens is 1. The summed E-state index contributed by atoms with van der Waals surface area (Å²) in [7, 11) is 0. The molecule has 1 aliphatic heterocycles. The lowest BCUT2D eigenvalue weighted by Crippen LogP contribution is -2.37. The van der Waals surface area contributed by atoms with Gasteiger partial charge in [0.2, 0.25) is 0 Å². The zero-order chi connectivity index (χ0) is 11.0. The van der Waals surface area contributed by atoms with E-state index in [1.54, 1.807) is 6.07 Å². The van der Waals surface area contributed by atoms with Crippen molar-refractivity contribution >= 4 is 11.6 Å². The zero-order valence-electron chi connectivity index (χ0n) is 9.01. The summed E-state index contributed by atoms with van der Waals surface area (Å²) in [5.41, 5.74) is 2.02. The van der Waals surface area contributed by atoms with Crippen LogP contribution in [-0.2, 0) is 13.0 Å². The first-order valence-electron chi connectivity index (χ1n) is 5.22. The van der Waals surface area contributed by atoms with Crippen LogP contribution in [0.2, 0.25) is 5.02 Å². The second-order valence-corrected chi connectivity index (χ2v) is 4.67. The van der Waals surface area contributed by atoms with Gasteiger partial charge in [-0.05, 0) is 25.5 Å². The van der Waals surface area contributed by atoms with E-state index in [-0.39, 0.29) is 5.56 Å². The molecule has 0 saturated carbocycles. The molecule has 4 heteroatoms. The highest BCUT2D eigenvalue weighted by Gasteiger charge is 2.19. The predicted octanol–water partition coefficient (Wildman–Crippen LogP) is 1.79. The molecule has 1 aromatic rings. The molecule has 0 unspecified atom stereocenters. The standard InChI is InChI=1S/C11H15ClN2O/c1-7(2)14-4-3-10-8(6-14)5-9(12)11(15)13-10/h5,7H,3-4,6H2,1-2H3,(H,13,15). The van der Waals surface area contributed by atoms with Gasteiger partial charge in [0, 0.05) is 31.2 Å². The van der Waals surface area contributed by atoms with Gasteiger partial charge < -0.3 is 4.98 Å². The highest BCUT2D eigenvalue weighted by molar-refractivity contribution is 6.30. The van der Waals surface area contributed by atoms with Crippen LogP contribution < -0.4 is 5.56 Å². The smallest absolute Gasteiger partial charge is 0.266 e. The summed E-state index contributed by atoms with van der Waals surface area (Å²) in [5, 5.41) is 0.291. The summed E-state index contributed by atoms with van der Waals surface area (Å²) in [4.78, 5) is 16.5. The lowest BCUT2D eigenvalue weighted by Gasteiger charge is -2.31. The highest BCUT2D eigenvalue weighted by Crippen LogP contribution is 2.19. The van der Waals surface area contributed by atoms with Crippen LogP contribution in [0, 0.1) is 0 Å². The number of nitrogens with one attached hydrogen (secondary N) is 1. The summed E-state index contributed by atoms with van der Waals surface area (Å²) >= 11 is 5.81. The summed E-state index contributed by atoms with van der Waals surface area (Å²) in [6.07, 6.45) is 0.903. The van der Waals surface area contributed by atoms with Crippen LogP contribution >= 0.6 is 11.6 Å². The molecule has 15 heavy (non-hydrogen) atoms. The molecule has 0 aromatic carbocycles. The van der Waals surface area contributed by atoms with Crippen molar-refractivity contribution in [3.63, 3.8) is 0 Å². The van der Waals surface area contributed by atoms with Crippen molar-refractivity contribution in [2.45, 2.75) is 32.9 Å². The van der Waals surface area contributed by atoms with E-state index in [0.717, 1.165) is 30.8 Å². The molecule has 0 aliphatic carbocycles. The first-order valence-corrected chi connectivity index (χ1v) is 5.60. The molecule has 1 aliphatic rings. The average molecular weight is 227 g/mol. The maximum absolute atomic E-state index is 11.3. The molecule has 3 nitrogen and oxygen atoms in total. The Morgan fingerprint density at radius 2 is 2.27 bits per heavy atom. The van der Waals surface area contributed by atoms with Gasteiger partial charge in [0.1, 0.15) is 5.02 Å². The number of aromatic amines is 1. The van der Waals surface area contributed by atoms with E-state index in [4.69, 9.17) is 11.6 Å². The van der Waals surface area contributed by atoms with E-state index < -0.39 is 0 Å². The van der Waals surface area contributed by atoms with Crippen LogP contribution in [0.25, 0.3) is 0 Å². The number of hydrogen-bond acceptors (Lipinski definition) is 2. The lowest BCUT2D eigenvalue weighted by atomic mass is 10.0. The molecule has 0 radical (unpaired) electrons. The molecule has 82 valence electrons. The minimum atomic E-state index is -0.173. The lowest BCUT2D eigenvalue weighted by molar-refractivity contribution is 0.201.